The van der Waals surface area contributed by atoms with Gasteiger partial charge in [0.2, 0.25) is 0 Å². The van der Waals surface area contributed by atoms with Crippen molar-refractivity contribution in [1.82, 2.24) is 24.6 Å². The van der Waals surface area contributed by atoms with E-state index in [1.165, 1.54) is 24.2 Å². The van der Waals surface area contributed by atoms with Crippen molar-refractivity contribution in [2.75, 3.05) is 50.8 Å². The van der Waals surface area contributed by atoms with Crippen LogP contribution in [0.4, 0.5) is 5.13 Å². The Labute approximate surface area is 263 Å². The van der Waals surface area contributed by atoms with Gasteiger partial charge in [0.25, 0.3) is 11.8 Å². The normalized spacial score (nSPS) is 19.9. The van der Waals surface area contributed by atoms with Gasteiger partial charge in [0.15, 0.2) is 5.13 Å². The highest BCUT2D eigenvalue weighted by atomic mass is 32.2. The minimum absolute atomic E-state index is 0.0949. The van der Waals surface area contributed by atoms with Crippen LogP contribution in [0.2, 0.25) is 0 Å². The van der Waals surface area contributed by atoms with E-state index < -0.39 is 6.04 Å². The van der Waals surface area contributed by atoms with E-state index in [4.69, 9.17) is 0 Å². The zero-order chi connectivity index (χ0) is 30.0. The molecule has 8 nitrogen and oxygen atoms in total. The summed E-state index contributed by atoms with van der Waals surface area (Å²) >= 11 is 3.30. The third-order valence-corrected chi connectivity index (χ3v) is 11.3. The molecule has 0 radical (unpaired) electrons. The molecule has 2 saturated heterocycles. The van der Waals surface area contributed by atoms with Crippen molar-refractivity contribution in [3.63, 3.8) is 0 Å². The molecule has 2 amide bonds. The van der Waals surface area contributed by atoms with Crippen molar-refractivity contribution in [1.29, 1.82) is 0 Å². The molecule has 0 spiro atoms. The number of benzene rings is 2. The summed E-state index contributed by atoms with van der Waals surface area (Å²) in [4.78, 5) is 41.2. The van der Waals surface area contributed by atoms with E-state index in [9.17, 15) is 9.59 Å². The van der Waals surface area contributed by atoms with Crippen molar-refractivity contribution >= 4 is 40.0 Å². The molecule has 0 aliphatic carbocycles. The van der Waals surface area contributed by atoms with Crippen LogP contribution in [-0.4, -0.2) is 92.8 Å². The number of carbonyl (C=O) groups excluding carboxylic acids is 2. The van der Waals surface area contributed by atoms with Gasteiger partial charge in [-0.15, -0.1) is 23.1 Å². The Morgan fingerprint density at radius 1 is 1.07 bits per heavy atom. The van der Waals surface area contributed by atoms with Gasteiger partial charge in [-0.25, -0.2) is 4.98 Å². The van der Waals surface area contributed by atoms with Gasteiger partial charge in [-0.3, -0.25) is 29.6 Å². The second-order valence-corrected chi connectivity index (χ2v) is 14.5. The van der Waals surface area contributed by atoms with Crippen LogP contribution in [0.25, 0.3) is 0 Å². The fourth-order valence-corrected chi connectivity index (χ4v) is 7.67. The lowest BCUT2D eigenvalue weighted by atomic mass is 10.0. The largest absolute Gasteiger partial charge is 0.318 e. The van der Waals surface area contributed by atoms with E-state index in [1.54, 1.807) is 11.1 Å². The fraction of sp³-hybridized carbons (Fsp3) is 0.485. The van der Waals surface area contributed by atoms with E-state index in [-0.39, 0.29) is 16.7 Å². The molecule has 1 aromatic heterocycles. The first-order valence-electron chi connectivity index (χ1n) is 15.3. The molecule has 10 heteroatoms. The molecule has 2 fully saturated rings. The van der Waals surface area contributed by atoms with Crippen molar-refractivity contribution in [3.05, 3.63) is 82.4 Å². The smallest absolute Gasteiger partial charge is 0.255 e. The molecular weight excluding hydrogens is 577 g/mol. The van der Waals surface area contributed by atoms with E-state index in [2.05, 4.69) is 63.3 Å². The lowest BCUT2D eigenvalue weighted by molar-refractivity contribution is -0.120. The Balaban J connectivity index is 1.07. The zero-order valence-electron chi connectivity index (χ0n) is 25.4. The van der Waals surface area contributed by atoms with Crippen molar-refractivity contribution in [2.45, 2.75) is 56.7 Å². The highest BCUT2D eigenvalue weighted by Gasteiger charge is 2.38. The number of nitrogens with zero attached hydrogens (tertiary/aromatic N) is 5. The van der Waals surface area contributed by atoms with Gasteiger partial charge in [0.05, 0.1) is 4.87 Å². The number of amides is 2. The van der Waals surface area contributed by atoms with Crippen molar-refractivity contribution < 1.29 is 9.59 Å². The predicted molar refractivity (Wildman–Crippen MR) is 175 cm³/mol. The molecule has 3 aromatic rings. The minimum atomic E-state index is -0.735. The number of carbonyl (C=O) groups is 2. The molecule has 3 aliphatic rings. The third kappa shape index (κ3) is 6.68. The molecule has 228 valence electrons. The molecule has 0 saturated carbocycles. The summed E-state index contributed by atoms with van der Waals surface area (Å²) in [6.45, 7) is 12.7. The van der Waals surface area contributed by atoms with Gasteiger partial charge in [-0.05, 0) is 68.8 Å². The number of rotatable bonds is 9. The molecule has 43 heavy (non-hydrogen) atoms. The average Bonchev–Trinajstić information content (AvgIpc) is 3.66. The molecule has 6 rings (SSSR count). The predicted octanol–water partition coefficient (Wildman–Crippen LogP) is 5.16. The van der Waals surface area contributed by atoms with Crippen LogP contribution in [0.15, 0.2) is 60.1 Å². The van der Waals surface area contributed by atoms with Gasteiger partial charge < -0.3 is 4.90 Å². The second-order valence-electron chi connectivity index (χ2n) is 12.2. The topological polar surface area (TPSA) is 72.0 Å². The maximum absolute atomic E-state index is 13.8. The van der Waals surface area contributed by atoms with Gasteiger partial charge in [-0.1, -0.05) is 42.5 Å². The second kappa shape index (κ2) is 13.1. The lowest BCUT2D eigenvalue weighted by Gasteiger charge is -2.46. The molecule has 2 aromatic carbocycles. The molecule has 0 bridgehead atoms. The van der Waals surface area contributed by atoms with E-state index in [0.717, 1.165) is 62.5 Å². The fourth-order valence-electron chi connectivity index (χ4n) is 6.70. The van der Waals surface area contributed by atoms with Gasteiger partial charge in [0, 0.05) is 62.5 Å². The Hall–Kier alpha value is -2.76. The number of nitrogens with one attached hydrogen (secondary N) is 1. The van der Waals surface area contributed by atoms with Crippen LogP contribution in [-0.2, 0) is 17.9 Å². The Morgan fingerprint density at radius 2 is 1.81 bits per heavy atom. The first kappa shape index (κ1) is 30.3. The quantitative estimate of drug-likeness (QED) is 0.355. The van der Waals surface area contributed by atoms with Crippen LogP contribution in [0.3, 0.4) is 0 Å². The molecule has 1 unspecified atom stereocenters. The number of hydrogen-bond donors (Lipinski definition) is 1. The Bertz CT molecular complexity index is 1400. The summed E-state index contributed by atoms with van der Waals surface area (Å²) in [5.41, 5.74) is 3.62. The summed E-state index contributed by atoms with van der Waals surface area (Å²) in [6.07, 6.45) is 6.25. The van der Waals surface area contributed by atoms with Crippen LogP contribution in [0.1, 0.15) is 59.8 Å². The van der Waals surface area contributed by atoms with Crippen LogP contribution < -0.4 is 5.32 Å². The molecule has 3 aliphatic heterocycles. The van der Waals surface area contributed by atoms with Crippen LogP contribution >= 0.6 is 23.1 Å². The standard InChI is InChI=1S/C33H42N6O2S2/c1-33(2,42-3)38-18-16-37(17-19-38)27-11-14-36(15-12-27)22-24-9-10-26-23-39(31(41)28(26)21-24)29(25-7-5-4-6-8-25)30(40)35-32-34-13-20-43-32/h4-10,13,20-21,27,29H,11-12,14-19,22-23H2,1-3H3,(H,34,35,40). The van der Waals surface area contributed by atoms with E-state index >= 15 is 0 Å². The summed E-state index contributed by atoms with van der Waals surface area (Å²) in [5.74, 6) is -0.345. The number of thioether (sulfide) groups is 1. The van der Waals surface area contributed by atoms with Gasteiger partial charge in [0.1, 0.15) is 6.04 Å². The van der Waals surface area contributed by atoms with E-state index in [1.807, 2.05) is 47.5 Å². The first-order valence-corrected chi connectivity index (χ1v) is 17.4. The number of fused-ring (bicyclic) bond motifs is 1. The summed E-state index contributed by atoms with van der Waals surface area (Å²) < 4.78 is 0. The third-order valence-electron chi connectivity index (χ3n) is 9.40. The molecule has 4 heterocycles. The number of piperazine rings is 1. The number of aromatic nitrogens is 1. The van der Waals surface area contributed by atoms with Gasteiger partial charge in [-0.2, -0.15) is 0 Å². The number of thiazole rings is 1. The monoisotopic (exact) mass is 618 g/mol. The van der Waals surface area contributed by atoms with Crippen molar-refractivity contribution in [3.8, 4) is 0 Å². The number of anilines is 1. The van der Waals surface area contributed by atoms with Gasteiger partial charge >= 0.3 is 0 Å². The highest BCUT2D eigenvalue weighted by Crippen LogP contribution is 2.34. The highest BCUT2D eigenvalue weighted by molar-refractivity contribution is 7.99. The molecule has 1 atom stereocenters. The zero-order valence-corrected chi connectivity index (χ0v) is 27.0. The lowest BCUT2D eigenvalue weighted by Crippen LogP contribution is -2.56. The molecular formula is C33H42N6O2S2. The molecule has 1 N–H and O–H groups in total. The summed E-state index contributed by atoms with van der Waals surface area (Å²) in [5, 5.41) is 5.26. The number of piperidine rings is 1. The van der Waals surface area contributed by atoms with Crippen molar-refractivity contribution in [2.24, 2.45) is 0 Å². The average molecular weight is 619 g/mol. The first-order chi connectivity index (χ1) is 20.8. The Morgan fingerprint density at radius 3 is 2.49 bits per heavy atom. The minimum Gasteiger partial charge on any atom is -0.318 e. The van der Waals surface area contributed by atoms with Crippen LogP contribution in [0, 0.1) is 0 Å². The maximum Gasteiger partial charge on any atom is 0.255 e. The number of hydrogen-bond acceptors (Lipinski definition) is 8. The maximum atomic E-state index is 13.8. The van der Waals surface area contributed by atoms with E-state index in [0.29, 0.717) is 23.3 Å². The number of likely N-dealkylation sites (tertiary alicyclic amines) is 1. The Kier molecular flexibility index (Phi) is 9.21. The van der Waals surface area contributed by atoms with Crippen LogP contribution in [0.5, 0.6) is 0 Å². The SMILES string of the molecule is CSC(C)(C)N1CCN(C2CCN(Cc3ccc4c(c3)C(=O)N(C(C(=O)Nc3nccs3)c3ccccc3)C4)CC2)CC1. The summed E-state index contributed by atoms with van der Waals surface area (Å²) in [6, 6.07) is 15.7. The summed E-state index contributed by atoms with van der Waals surface area (Å²) in [7, 11) is 0.